The molecule has 3 rings (SSSR count). The smallest absolute Gasteiger partial charge is 0.251 e. The number of amides is 1. The number of carbonyl (C=O) groups is 1. The highest BCUT2D eigenvalue weighted by Gasteiger charge is 2.18. The normalized spacial score (nSPS) is 17.3. The van der Waals surface area contributed by atoms with Gasteiger partial charge in [-0.3, -0.25) is 9.89 Å². The van der Waals surface area contributed by atoms with Crippen LogP contribution in [0.1, 0.15) is 28.8 Å². The van der Waals surface area contributed by atoms with Crippen LogP contribution in [-0.4, -0.2) is 50.3 Å². The Kier molecular flexibility index (Phi) is 6.02. The van der Waals surface area contributed by atoms with Gasteiger partial charge in [-0.2, -0.15) is 5.10 Å². The number of hydrogen-bond donors (Lipinski definition) is 3. The van der Waals surface area contributed by atoms with E-state index in [-0.39, 0.29) is 23.5 Å². The molecule has 2 heterocycles. The molecule has 0 bridgehead atoms. The Morgan fingerprint density at radius 1 is 1.31 bits per heavy atom. The van der Waals surface area contributed by atoms with Gasteiger partial charge in [0.05, 0.1) is 17.2 Å². The number of benzene rings is 1. The summed E-state index contributed by atoms with van der Waals surface area (Å²) >= 11 is 0. The molecular formula is C17H22N4O4S. The van der Waals surface area contributed by atoms with Crippen molar-refractivity contribution in [3.05, 3.63) is 47.8 Å². The van der Waals surface area contributed by atoms with E-state index in [0.29, 0.717) is 18.5 Å². The molecule has 1 unspecified atom stereocenters. The Morgan fingerprint density at radius 3 is 2.77 bits per heavy atom. The van der Waals surface area contributed by atoms with Crippen LogP contribution < -0.4 is 10.0 Å². The highest BCUT2D eigenvalue weighted by atomic mass is 32.2. The molecule has 1 amide bonds. The van der Waals surface area contributed by atoms with Crippen molar-refractivity contribution in [2.45, 2.75) is 30.3 Å². The van der Waals surface area contributed by atoms with Gasteiger partial charge in [0.1, 0.15) is 0 Å². The fraction of sp³-hybridized carbons (Fsp3) is 0.412. The molecule has 1 aliphatic rings. The van der Waals surface area contributed by atoms with Crippen molar-refractivity contribution in [2.75, 3.05) is 19.7 Å². The van der Waals surface area contributed by atoms with Crippen molar-refractivity contribution in [3.63, 3.8) is 0 Å². The van der Waals surface area contributed by atoms with E-state index in [9.17, 15) is 13.2 Å². The molecule has 0 aliphatic carbocycles. The standard InChI is InChI=1S/C17H22N4O4S/c22-17(18-12-15-2-1-9-25-15)14-3-5-16(6-4-14)26(23,24)21-8-7-13-10-19-20-11-13/h3-6,10-11,15,21H,1-2,7-9,12H2,(H,18,22)(H,19,20). The van der Waals surface area contributed by atoms with Crippen LogP contribution in [0, 0.1) is 0 Å². The lowest BCUT2D eigenvalue weighted by Crippen LogP contribution is -2.31. The van der Waals surface area contributed by atoms with E-state index < -0.39 is 10.0 Å². The minimum atomic E-state index is -3.61. The molecule has 1 aliphatic heterocycles. The molecule has 1 aromatic heterocycles. The van der Waals surface area contributed by atoms with E-state index in [1.54, 1.807) is 12.4 Å². The van der Waals surface area contributed by atoms with E-state index in [1.807, 2.05) is 0 Å². The third kappa shape index (κ3) is 4.90. The van der Waals surface area contributed by atoms with Crippen molar-refractivity contribution < 1.29 is 17.9 Å². The third-order valence-corrected chi connectivity index (χ3v) is 5.68. The monoisotopic (exact) mass is 378 g/mol. The highest BCUT2D eigenvalue weighted by molar-refractivity contribution is 7.89. The van der Waals surface area contributed by atoms with Gasteiger partial charge in [0.25, 0.3) is 5.91 Å². The lowest BCUT2D eigenvalue weighted by molar-refractivity contribution is 0.0857. The van der Waals surface area contributed by atoms with E-state index in [1.165, 1.54) is 24.3 Å². The minimum absolute atomic E-state index is 0.0676. The number of ether oxygens (including phenoxy) is 1. The van der Waals surface area contributed by atoms with Gasteiger partial charge in [-0.15, -0.1) is 0 Å². The highest BCUT2D eigenvalue weighted by Crippen LogP contribution is 2.13. The van der Waals surface area contributed by atoms with Crippen molar-refractivity contribution in [1.82, 2.24) is 20.2 Å². The maximum atomic E-state index is 12.3. The number of rotatable bonds is 8. The second-order valence-electron chi connectivity index (χ2n) is 6.12. The number of sulfonamides is 1. The first-order valence-corrected chi connectivity index (χ1v) is 10.00. The van der Waals surface area contributed by atoms with Gasteiger partial charge < -0.3 is 10.1 Å². The van der Waals surface area contributed by atoms with Crippen molar-refractivity contribution in [3.8, 4) is 0 Å². The summed E-state index contributed by atoms with van der Waals surface area (Å²) in [6, 6.07) is 5.88. The Balaban J connectivity index is 1.52. The molecule has 1 saturated heterocycles. The number of hydrogen-bond acceptors (Lipinski definition) is 5. The number of aromatic amines is 1. The maximum absolute atomic E-state index is 12.3. The average molecular weight is 378 g/mol. The molecule has 3 N–H and O–H groups in total. The maximum Gasteiger partial charge on any atom is 0.251 e. The average Bonchev–Trinajstić information content (AvgIpc) is 3.33. The van der Waals surface area contributed by atoms with Crippen LogP contribution in [0.15, 0.2) is 41.6 Å². The third-order valence-electron chi connectivity index (χ3n) is 4.20. The van der Waals surface area contributed by atoms with Crippen LogP contribution in [0.3, 0.4) is 0 Å². The lowest BCUT2D eigenvalue weighted by atomic mass is 10.2. The Labute approximate surface area is 152 Å². The largest absolute Gasteiger partial charge is 0.376 e. The van der Waals surface area contributed by atoms with Gasteiger partial charge in [-0.25, -0.2) is 13.1 Å². The summed E-state index contributed by atoms with van der Waals surface area (Å²) in [4.78, 5) is 12.3. The van der Waals surface area contributed by atoms with Gasteiger partial charge in [0.2, 0.25) is 10.0 Å². The zero-order valence-electron chi connectivity index (χ0n) is 14.3. The van der Waals surface area contributed by atoms with Gasteiger partial charge in [0.15, 0.2) is 0 Å². The quantitative estimate of drug-likeness (QED) is 0.630. The van der Waals surface area contributed by atoms with E-state index in [4.69, 9.17) is 4.74 Å². The topological polar surface area (TPSA) is 113 Å². The summed E-state index contributed by atoms with van der Waals surface area (Å²) in [5, 5.41) is 9.31. The van der Waals surface area contributed by atoms with Crippen LogP contribution in [0.25, 0.3) is 0 Å². The molecule has 0 spiro atoms. The van der Waals surface area contributed by atoms with E-state index >= 15 is 0 Å². The van der Waals surface area contributed by atoms with Gasteiger partial charge in [0, 0.05) is 31.5 Å². The van der Waals surface area contributed by atoms with Gasteiger partial charge >= 0.3 is 0 Å². The number of nitrogens with zero attached hydrogens (tertiary/aromatic N) is 1. The molecular weight excluding hydrogens is 356 g/mol. The van der Waals surface area contributed by atoms with Crippen LogP contribution >= 0.6 is 0 Å². The molecule has 140 valence electrons. The van der Waals surface area contributed by atoms with Gasteiger partial charge in [-0.1, -0.05) is 0 Å². The summed E-state index contributed by atoms with van der Waals surface area (Å²) in [6.07, 6.45) is 5.94. The second kappa shape index (κ2) is 8.43. The van der Waals surface area contributed by atoms with Crippen molar-refractivity contribution in [2.24, 2.45) is 0 Å². The van der Waals surface area contributed by atoms with Crippen molar-refractivity contribution in [1.29, 1.82) is 0 Å². The Morgan fingerprint density at radius 2 is 2.12 bits per heavy atom. The Hall–Kier alpha value is -2.23. The van der Waals surface area contributed by atoms with Crippen LogP contribution in [-0.2, 0) is 21.2 Å². The van der Waals surface area contributed by atoms with E-state index in [0.717, 1.165) is 25.0 Å². The Bertz CT molecular complexity index is 813. The first-order valence-electron chi connectivity index (χ1n) is 8.52. The summed E-state index contributed by atoms with van der Waals surface area (Å²) in [5.41, 5.74) is 1.34. The molecule has 8 nitrogen and oxygen atoms in total. The predicted octanol–water partition coefficient (Wildman–Crippen LogP) is 0.840. The molecule has 0 saturated carbocycles. The molecule has 9 heteroatoms. The summed E-state index contributed by atoms with van der Waals surface area (Å²) in [7, 11) is -3.61. The fourth-order valence-electron chi connectivity index (χ4n) is 2.73. The lowest BCUT2D eigenvalue weighted by Gasteiger charge is -2.11. The molecule has 0 radical (unpaired) electrons. The van der Waals surface area contributed by atoms with Crippen LogP contribution in [0.5, 0.6) is 0 Å². The SMILES string of the molecule is O=C(NCC1CCCO1)c1ccc(S(=O)(=O)NCCc2cn[nH]c2)cc1. The number of aromatic nitrogens is 2. The van der Waals surface area contributed by atoms with E-state index in [2.05, 4.69) is 20.2 Å². The van der Waals surface area contributed by atoms with Crippen LogP contribution in [0.2, 0.25) is 0 Å². The summed E-state index contributed by atoms with van der Waals surface area (Å²) in [5.74, 6) is -0.239. The fourth-order valence-corrected chi connectivity index (χ4v) is 3.76. The van der Waals surface area contributed by atoms with Crippen molar-refractivity contribution >= 4 is 15.9 Å². The first-order chi connectivity index (χ1) is 12.5. The zero-order chi connectivity index (χ0) is 18.4. The zero-order valence-corrected chi connectivity index (χ0v) is 15.1. The molecule has 1 atom stereocenters. The number of H-pyrrole nitrogens is 1. The minimum Gasteiger partial charge on any atom is -0.376 e. The first kappa shape index (κ1) is 18.6. The summed E-state index contributed by atoms with van der Waals surface area (Å²) in [6.45, 7) is 1.47. The number of nitrogens with one attached hydrogen (secondary N) is 3. The predicted molar refractivity (Wildman–Crippen MR) is 95.2 cm³/mol. The van der Waals surface area contributed by atoms with Crippen LogP contribution in [0.4, 0.5) is 0 Å². The van der Waals surface area contributed by atoms with Gasteiger partial charge in [-0.05, 0) is 49.1 Å². The second-order valence-corrected chi connectivity index (χ2v) is 7.89. The molecule has 2 aromatic rings. The molecule has 1 aromatic carbocycles. The molecule has 26 heavy (non-hydrogen) atoms. The number of carbonyl (C=O) groups excluding carboxylic acids is 1. The molecule has 1 fully saturated rings. The summed E-state index contributed by atoms with van der Waals surface area (Å²) < 4.78 is 32.6.